The lowest BCUT2D eigenvalue weighted by Crippen LogP contribution is -2.10. The molecule has 7 aromatic carbocycles. The van der Waals surface area contributed by atoms with E-state index in [-0.39, 0.29) is 0 Å². The predicted molar refractivity (Wildman–Crippen MR) is 198 cm³/mol. The quantitative estimate of drug-likeness (QED) is 0.188. The lowest BCUT2D eigenvalue weighted by Gasteiger charge is -2.26. The van der Waals surface area contributed by atoms with E-state index in [1.54, 1.807) is 0 Å². The average Bonchev–Trinajstić information content (AvgIpc) is 3.69. The topological polar surface area (TPSA) is 3.24 Å². The van der Waals surface area contributed by atoms with Gasteiger partial charge in [-0.2, -0.15) is 0 Å². The monoisotopic (exact) mass is 609 g/mol. The first-order valence-corrected chi connectivity index (χ1v) is 16.8. The Labute approximate surface area is 269 Å². The predicted octanol–water partition coefficient (Wildman–Crippen LogP) is 13.2. The lowest BCUT2D eigenvalue weighted by atomic mass is 10.0. The number of anilines is 3. The van der Waals surface area contributed by atoms with Gasteiger partial charge in [0.15, 0.2) is 0 Å². The Morgan fingerprint density at radius 3 is 1.49 bits per heavy atom. The van der Waals surface area contributed by atoms with Gasteiger partial charge in [0.05, 0.1) is 10.4 Å². The maximum Gasteiger partial charge on any atom is 0.0640 e. The third-order valence-corrected chi connectivity index (χ3v) is 11.1. The van der Waals surface area contributed by atoms with Gasteiger partial charge in [-0.25, -0.2) is 0 Å². The Morgan fingerprint density at radius 1 is 0.333 bits per heavy atom. The summed E-state index contributed by atoms with van der Waals surface area (Å²) >= 11 is 3.75. The summed E-state index contributed by atoms with van der Waals surface area (Å²) in [4.78, 5) is 2.41. The van der Waals surface area contributed by atoms with E-state index in [9.17, 15) is 0 Å². The van der Waals surface area contributed by atoms with Crippen LogP contribution in [0.5, 0.6) is 0 Å². The molecule has 0 unspecified atom stereocenters. The Morgan fingerprint density at radius 2 is 0.822 bits per heavy atom. The van der Waals surface area contributed by atoms with Gasteiger partial charge >= 0.3 is 0 Å². The molecule has 9 aromatic rings. The number of benzene rings is 7. The van der Waals surface area contributed by atoms with Gasteiger partial charge in [-0.05, 0) is 64.7 Å². The van der Waals surface area contributed by atoms with Crippen LogP contribution in [0.3, 0.4) is 0 Å². The molecule has 212 valence electrons. The van der Waals surface area contributed by atoms with Gasteiger partial charge in [-0.1, -0.05) is 121 Å². The standard InChI is InChI=1S/C42H27NS2/c1-2-10-28(11-3-1)29-20-24-31(25-21-29)43(38-17-9-16-37-35-13-5-7-19-40(35)45-42(37)38)32-26-22-30(23-27-32)33-14-8-15-36-34-12-4-6-18-39(34)44-41(33)36/h1-27H. The molecule has 3 heteroatoms. The van der Waals surface area contributed by atoms with Crippen molar-refractivity contribution in [2.24, 2.45) is 0 Å². The van der Waals surface area contributed by atoms with E-state index in [0.717, 1.165) is 11.4 Å². The van der Waals surface area contributed by atoms with Crippen LogP contribution in [0.25, 0.3) is 62.6 Å². The molecule has 2 heterocycles. The minimum Gasteiger partial charge on any atom is -0.309 e. The number of rotatable bonds is 5. The van der Waals surface area contributed by atoms with E-state index in [1.165, 1.54) is 68.3 Å². The molecule has 0 bridgehead atoms. The molecular formula is C42H27NS2. The van der Waals surface area contributed by atoms with Gasteiger partial charge in [0.2, 0.25) is 0 Å². The number of hydrogen-bond donors (Lipinski definition) is 0. The van der Waals surface area contributed by atoms with Gasteiger partial charge in [0.1, 0.15) is 0 Å². The molecule has 1 nitrogen and oxygen atoms in total. The smallest absolute Gasteiger partial charge is 0.0640 e. The molecule has 0 aliphatic rings. The molecule has 9 rings (SSSR count). The summed E-state index contributed by atoms with van der Waals surface area (Å²) in [5.41, 5.74) is 8.42. The third-order valence-electron chi connectivity index (χ3n) is 8.70. The first-order chi connectivity index (χ1) is 22.3. The van der Waals surface area contributed by atoms with Gasteiger partial charge in [-0.3, -0.25) is 0 Å². The van der Waals surface area contributed by atoms with E-state index >= 15 is 0 Å². The summed E-state index contributed by atoms with van der Waals surface area (Å²) in [5, 5.41) is 5.27. The maximum atomic E-state index is 2.41. The van der Waals surface area contributed by atoms with E-state index < -0.39 is 0 Å². The van der Waals surface area contributed by atoms with Crippen LogP contribution in [0.15, 0.2) is 164 Å². The summed E-state index contributed by atoms with van der Waals surface area (Å²) < 4.78 is 5.28. The summed E-state index contributed by atoms with van der Waals surface area (Å²) in [6, 6.07) is 59.5. The van der Waals surface area contributed by atoms with Crippen molar-refractivity contribution in [2.75, 3.05) is 4.90 Å². The Kier molecular flexibility index (Phi) is 6.26. The molecule has 0 aliphatic carbocycles. The second-order valence-electron chi connectivity index (χ2n) is 11.3. The highest BCUT2D eigenvalue weighted by atomic mass is 32.1. The summed E-state index contributed by atoms with van der Waals surface area (Å²) in [6.07, 6.45) is 0. The highest BCUT2D eigenvalue weighted by Crippen LogP contribution is 2.46. The molecular weight excluding hydrogens is 583 g/mol. The van der Waals surface area contributed by atoms with Crippen LogP contribution in [0, 0.1) is 0 Å². The molecule has 0 radical (unpaired) electrons. The van der Waals surface area contributed by atoms with Gasteiger partial charge in [0, 0.05) is 47.0 Å². The number of nitrogens with zero attached hydrogens (tertiary/aromatic N) is 1. The van der Waals surface area contributed by atoms with Crippen LogP contribution in [0.2, 0.25) is 0 Å². The third kappa shape index (κ3) is 4.43. The van der Waals surface area contributed by atoms with E-state index in [4.69, 9.17) is 0 Å². The lowest BCUT2D eigenvalue weighted by molar-refractivity contribution is 1.30. The molecule has 0 spiro atoms. The Bertz CT molecular complexity index is 2470. The highest BCUT2D eigenvalue weighted by molar-refractivity contribution is 7.26. The zero-order valence-electron chi connectivity index (χ0n) is 24.4. The minimum absolute atomic E-state index is 1.14. The molecule has 0 N–H and O–H groups in total. The molecule has 0 saturated heterocycles. The van der Waals surface area contributed by atoms with Crippen molar-refractivity contribution in [1.29, 1.82) is 0 Å². The van der Waals surface area contributed by atoms with E-state index in [1.807, 2.05) is 22.7 Å². The van der Waals surface area contributed by atoms with Crippen LogP contribution in [0.4, 0.5) is 17.1 Å². The molecule has 0 amide bonds. The van der Waals surface area contributed by atoms with Crippen molar-refractivity contribution in [3.63, 3.8) is 0 Å². The van der Waals surface area contributed by atoms with E-state index in [2.05, 4.69) is 169 Å². The normalized spacial score (nSPS) is 11.6. The number of fused-ring (bicyclic) bond motifs is 6. The van der Waals surface area contributed by atoms with Crippen molar-refractivity contribution in [2.45, 2.75) is 0 Å². The molecule has 0 atom stereocenters. The van der Waals surface area contributed by atoms with Gasteiger partial charge in [0.25, 0.3) is 0 Å². The zero-order valence-corrected chi connectivity index (χ0v) is 26.0. The summed E-state index contributed by atoms with van der Waals surface area (Å²) in [6.45, 7) is 0. The Hall–Kier alpha value is -5.22. The van der Waals surface area contributed by atoms with Crippen LogP contribution in [0.1, 0.15) is 0 Å². The van der Waals surface area contributed by atoms with Crippen LogP contribution >= 0.6 is 22.7 Å². The summed E-state index contributed by atoms with van der Waals surface area (Å²) in [7, 11) is 0. The summed E-state index contributed by atoms with van der Waals surface area (Å²) in [5.74, 6) is 0. The zero-order chi connectivity index (χ0) is 29.7. The number of hydrogen-bond acceptors (Lipinski definition) is 3. The Balaban J connectivity index is 1.19. The average molecular weight is 610 g/mol. The van der Waals surface area contributed by atoms with Crippen LogP contribution < -0.4 is 4.90 Å². The number of thiophene rings is 2. The maximum absolute atomic E-state index is 2.41. The fourth-order valence-electron chi connectivity index (χ4n) is 6.53. The van der Waals surface area contributed by atoms with Crippen LogP contribution in [-0.2, 0) is 0 Å². The second-order valence-corrected chi connectivity index (χ2v) is 13.4. The highest BCUT2D eigenvalue weighted by Gasteiger charge is 2.19. The van der Waals surface area contributed by atoms with Gasteiger partial charge < -0.3 is 4.90 Å². The van der Waals surface area contributed by atoms with Gasteiger partial charge in [-0.15, -0.1) is 22.7 Å². The fourth-order valence-corrected chi connectivity index (χ4v) is 8.98. The molecule has 0 fully saturated rings. The molecule has 0 aliphatic heterocycles. The largest absolute Gasteiger partial charge is 0.309 e. The first kappa shape index (κ1) is 26.2. The molecule has 2 aromatic heterocycles. The van der Waals surface area contributed by atoms with Crippen molar-refractivity contribution in [3.05, 3.63) is 164 Å². The molecule has 0 saturated carbocycles. The van der Waals surface area contributed by atoms with Crippen molar-refractivity contribution < 1.29 is 0 Å². The SMILES string of the molecule is c1ccc(-c2ccc(N(c3ccc(-c4cccc5c4sc4ccccc45)cc3)c3cccc4c3sc3ccccc34)cc2)cc1. The van der Waals surface area contributed by atoms with E-state index in [0.29, 0.717) is 0 Å². The fraction of sp³-hybridized carbons (Fsp3) is 0. The second kappa shape index (κ2) is 10.7. The van der Waals surface area contributed by atoms with Crippen molar-refractivity contribution >= 4 is 80.1 Å². The first-order valence-electron chi connectivity index (χ1n) is 15.2. The van der Waals surface area contributed by atoms with Crippen molar-refractivity contribution in [1.82, 2.24) is 0 Å². The van der Waals surface area contributed by atoms with Crippen LogP contribution in [-0.4, -0.2) is 0 Å². The van der Waals surface area contributed by atoms with Crippen molar-refractivity contribution in [3.8, 4) is 22.3 Å². The minimum atomic E-state index is 1.14. The molecule has 45 heavy (non-hydrogen) atoms.